The first-order chi connectivity index (χ1) is 7.08. The van der Waals surface area contributed by atoms with Gasteiger partial charge in [0.2, 0.25) is 0 Å². The summed E-state index contributed by atoms with van der Waals surface area (Å²) >= 11 is 0. The highest BCUT2D eigenvalue weighted by atomic mass is 19.3. The maximum absolute atomic E-state index is 12.6. The lowest BCUT2D eigenvalue weighted by Gasteiger charge is -2.05. The number of aryl methyl sites for hydroxylation is 1. The highest BCUT2D eigenvalue weighted by molar-refractivity contribution is 5.70. The Morgan fingerprint density at radius 3 is 3.00 bits per heavy atom. The molecule has 1 saturated heterocycles. The fraction of sp³-hybridized carbons (Fsp3) is 0.500. The number of alkyl halides is 2. The number of amides is 1. The van der Waals surface area contributed by atoms with Gasteiger partial charge in [-0.15, -0.1) is 0 Å². The molecule has 2 rings (SSSR count). The minimum absolute atomic E-state index is 0.0598. The van der Waals surface area contributed by atoms with Crippen molar-refractivity contribution in [2.24, 2.45) is 7.05 Å². The van der Waals surface area contributed by atoms with E-state index in [0.717, 1.165) is 0 Å². The molecule has 0 radical (unpaired) electrons. The van der Waals surface area contributed by atoms with E-state index in [1.165, 1.54) is 10.9 Å². The van der Waals surface area contributed by atoms with E-state index in [4.69, 9.17) is 0 Å². The number of ether oxygens (including phenoxy) is 1. The zero-order chi connectivity index (χ0) is 11.0. The van der Waals surface area contributed by atoms with Crippen molar-refractivity contribution in [1.82, 2.24) is 15.1 Å². The van der Waals surface area contributed by atoms with Gasteiger partial charge < -0.3 is 10.1 Å². The lowest BCUT2D eigenvalue weighted by atomic mass is 10.1. The van der Waals surface area contributed by atoms with Crippen LogP contribution in [0, 0.1) is 0 Å². The molecule has 5 nitrogen and oxygen atoms in total. The first kappa shape index (κ1) is 9.88. The van der Waals surface area contributed by atoms with Gasteiger partial charge in [-0.2, -0.15) is 5.10 Å². The van der Waals surface area contributed by atoms with E-state index in [1.807, 2.05) is 0 Å². The molecule has 0 aromatic carbocycles. The standard InChI is InChI=1S/C8H9F2N3O2/c1-13-2-4(6(12-13)7(9)10)5-3-15-8(14)11-5/h2,5,7H,3H2,1H3,(H,11,14). The van der Waals surface area contributed by atoms with Gasteiger partial charge in [0.25, 0.3) is 6.43 Å². The van der Waals surface area contributed by atoms with Crippen LogP contribution in [0.5, 0.6) is 0 Å². The summed E-state index contributed by atoms with van der Waals surface area (Å²) in [4.78, 5) is 10.8. The van der Waals surface area contributed by atoms with Crippen molar-refractivity contribution in [1.29, 1.82) is 0 Å². The van der Waals surface area contributed by atoms with E-state index >= 15 is 0 Å². The summed E-state index contributed by atoms with van der Waals surface area (Å²) in [6, 6.07) is -0.532. The van der Waals surface area contributed by atoms with Gasteiger partial charge in [0, 0.05) is 18.8 Å². The summed E-state index contributed by atoms with van der Waals surface area (Å²) in [6.45, 7) is 0.0598. The molecule has 0 spiro atoms. The fourth-order valence-corrected chi connectivity index (χ4v) is 1.51. The zero-order valence-electron chi connectivity index (χ0n) is 7.91. The SMILES string of the molecule is Cn1cc(C2COC(=O)N2)c(C(F)F)n1. The molecular formula is C8H9F2N3O2. The molecule has 15 heavy (non-hydrogen) atoms. The minimum atomic E-state index is -2.65. The smallest absolute Gasteiger partial charge is 0.407 e. The van der Waals surface area contributed by atoms with Crippen molar-refractivity contribution < 1.29 is 18.3 Å². The van der Waals surface area contributed by atoms with Crippen LogP contribution in [-0.2, 0) is 11.8 Å². The molecule has 0 bridgehead atoms. The molecule has 1 N–H and O–H groups in total. The van der Waals surface area contributed by atoms with Crippen molar-refractivity contribution in [2.75, 3.05) is 6.61 Å². The molecule has 1 amide bonds. The van der Waals surface area contributed by atoms with Crippen molar-refractivity contribution in [3.05, 3.63) is 17.5 Å². The zero-order valence-corrected chi connectivity index (χ0v) is 7.91. The summed E-state index contributed by atoms with van der Waals surface area (Å²) in [6.07, 6.45) is -1.79. The molecule has 2 heterocycles. The summed E-state index contributed by atoms with van der Waals surface area (Å²) in [7, 11) is 1.55. The van der Waals surface area contributed by atoms with Gasteiger partial charge in [0.15, 0.2) is 0 Å². The molecular weight excluding hydrogens is 208 g/mol. The van der Waals surface area contributed by atoms with Gasteiger partial charge in [-0.05, 0) is 0 Å². The van der Waals surface area contributed by atoms with Crippen LogP contribution in [0.2, 0.25) is 0 Å². The maximum Gasteiger partial charge on any atom is 0.407 e. The summed E-state index contributed by atoms with van der Waals surface area (Å²) in [5.74, 6) is 0. The van der Waals surface area contributed by atoms with Crippen LogP contribution in [0.3, 0.4) is 0 Å². The number of halogens is 2. The fourth-order valence-electron chi connectivity index (χ4n) is 1.51. The van der Waals surface area contributed by atoms with Gasteiger partial charge >= 0.3 is 6.09 Å². The minimum Gasteiger partial charge on any atom is -0.447 e. The van der Waals surface area contributed by atoms with Gasteiger partial charge in [0.05, 0.1) is 6.04 Å². The van der Waals surface area contributed by atoms with Crippen LogP contribution in [-0.4, -0.2) is 22.5 Å². The van der Waals surface area contributed by atoms with Gasteiger partial charge in [-0.1, -0.05) is 0 Å². The highest BCUT2D eigenvalue weighted by Gasteiger charge is 2.30. The van der Waals surface area contributed by atoms with Gasteiger partial charge in [-0.25, -0.2) is 13.6 Å². The molecule has 1 fully saturated rings. The van der Waals surface area contributed by atoms with Crippen molar-refractivity contribution in [2.45, 2.75) is 12.5 Å². The first-order valence-corrected chi connectivity index (χ1v) is 4.33. The predicted octanol–water partition coefficient (Wildman–Crippen LogP) is 1.14. The third kappa shape index (κ3) is 1.77. The first-order valence-electron chi connectivity index (χ1n) is 4.33. The molecule has 82 valence electrons. The Bertz CT molecular complexity index is 391. The number of hydrogen-bond donors (Lipinski definition) is 1. The Labute approximate surface area is 84.0 Å². The summed E-state index contributed by atoms with van der Waals surface area (Å²) in [5, 5.41) is 6.07. The second-order valence-electron chi connectivity index (χ2n) is 3.24. The third-order valence-electron chi connectivity index (χ3n) is 2.14. The summed E-state index contributed by atoms with van der Waals surface area (Å²) in [5.41, 5.74) is -0.00773. The van der Waals surface area contributed by atoms with Crippen LogP contribution >= 0.6 is 0 Å². The second-order valence-corrected chi connectivity index (χ2v) is 3.24. The number of aromatic nitrogens is 2. The Hall–Kier alpha value is -1.66. The van der Waals surface area contributed by atoms with E-state index < -0.39 is 18.6 Å². The van der Waals surface area contributed by atoms with E-state index in [0.29, 0.717) is 5.56 Å². The molecule has 1 unspecified atom stereocenters. The number of nitrogens with one attached hydrogen (secondary N) is 1. The van der Waals surface area contributed by atoms with E-state index in [1.54, 1.807) is 7.05 Å². The number of carbonyl (C=O) groups is 1. The Balaban J connectivity index is 2.30. The average Bonchev–Trinajstić information content (AvgIpc) is 2.71. The number of rotatable bonds is 2. The lowest BCUT2D eigenvalue weighted by molar-refractivity contribution is 0.143. The Morgan fingerprint density at radius 1 is 1.73 bits per heavy atom. The molecule has 1 aliphatic rings. The largest absolute Gasteiger partial charge is 0.447 e. The molecule has 0 aliphatic carbocycles. The average molecular weight is 217 g/mol. The Morgan fingerprint density at radius 2 is 2.47 bits per heavy atom. The molecule has 1 aromatic heterocycles. The number of nitrogens with zero attached hydrogens (tertiary/aromatic N) is 2. The Kier molecular flexibility index (Phi) is 2.29. The van der Waals surface area contributed by atoms with Crippen molar-refractivity contribution in [3.63, 3.8) is 0 Å². The lowest BCUT2D eigenvalue weighted by Crippen LogP contribution is -2.19. The van der Waals surface area contributed by atoms with E-state index in [2.05, 4.69) is 15.2 Å². The molecule has 0 saturated carbocycles. The van der Waals surface area contributed by atoms with Crippen molar-refractivity contribution >= 4 is 6.09 Å². The number of cyclic esters (lactones) is 1. The highest BCUT2D eigenvalue weighted by Crippen LogP contribution is 2.27. The van der Waals surface area contributed by atoms with Gasteiger partial charge in [-0.3, -0.25) is 4.68 Å². The number of hydrogen-bond acceptors (Lipinski definition) is 3. The summed E-state index contributed by atoms with van der Waals surface area (Å²) < 4.78 is 31.0. The second kappa shape index (κ2) is 3.48. The predicted molar refractivity (Wildman–Crippen MR) is 45.4 cm³/mol. The number of carbonyl (C=O) groups excluding carboxylic acids is 1. The van der Waals surface area contributed by atoms with Crippen LogP contribution in [0.15, 0.2) is 6.20 Å². The monoisotopic (exact) mass is 217 g/mol. The molecule has 1 atom stereocenters. The van der Waals surface area contributed by atoms with Crippen LogP contribution < -0.4 is 5.32 Å². The molecule has 7 heteroatoms. The quantitative estimate of drug-likeness (QED) is 0.808. The molecule has 1 aliphatic heterocycles. The normalized spacial score (nSPS) is 20.5. The van der Waals surface area contributed by atoms with E-state index in [-0.39, 0.29) is 12.3 Å². The van der Waals surface area contributed by atoms with Gasteiger partial charge in [0.1, 0.15) is 12.3 Å². The van der Waals surface area contributed by atoms with E-state index in [9.17, 15) is 13.6 Å². The topological polar surface area (TPSA) is 56.1 Å². The van der Waals surface area contributed by atoms with Crippen LogP contribution in [0.1, 0.15) is 23.7 Å². The molecule has 1 aromatic rings. The number of alkyl carbamates (subject to hydrolysis) is 1. The maximum atomic E-state index is 12.6. The van der Waals surface area contributed by atoms with Crippen LogP contribution in [0.4, 0.5) is 13.6 Å². The van der Waals surface area contributed by atoms with Crippen LogP contribution in [0.25, 0.3) is 0 Å². The van der Waals surface area contributed by atoms with Crippen molar-refractivity contribution in [3.8, 4) is 0 Å². The third-order valence-corrected chi connectivity index (χ3v) is 2.14.